The summed E-state index contributed by atoms with van der Waals surface area (Å²) in [6, 6.07) is -0.550. The van der Waals surface area contributed by atoms with Crippen molar-refractivity contribution in [2.24, 2.45) is 0 Å². The minimum Gasteiger partial charge on any atom is -0.466 e. The maximum Gasteiger partial charge on any atom is 0.305 e. The van der Waals surface area contributed by atoms with Gasteiger partial charge >= 0.3 is 5.97 Å². The molecule has 0 radical (unpaired) electrons. The highest BCUT2D eigenvalue weighted by molar-refractivity contribution is 5.76. The molecule has 0 aromatic rings. The predicted octanol–water partition coefficient (Wildman–Crippen LogP) is 19.0. The third kappa shape index (κ3) is 53.7. The zero-order valence-electron chi connectivity index (χ0n) is 45.9. The average Bonchev–Trinajstić information content (AvgIpc) is 3.34. The number of hydrogen-bond donors (Lipinski definition) is 3. The minimum absolute atomic E-state index is 0.00866. The van der Waals surface area contributed by atoms with E-state index >= 15 is 0 Å². The minimum atomic E-state index is -0.672. The Hall–Kier alpha value is -1.66. The molecule has 0 spiro atoms. The summed E-state index contributed by atoms with van der Waals surface area (Å²) in [4.78, 5) is 24.6. The summed E-state index contributed by atoms with van der Waals surface area (Å²) in [5.41, 5.74) is 0. The Balaban J connectivity index is 3.43. The van der Waals surface area contributed by atoms with Crippen molar-refractivity contribution in [2.75, 3.05) is 13.2 Å². The number of aliphatic hydroxyl groups excluding tert-OH is 2. The van der Waals surface area contributed by atoms with E-state index in [1.54, 1.807) is 0 Å². The van der Waals surface area contributed by atoms with Gasteiger partial charge in [-0.2, -0.15) is 0 Å². The first kappa shape index (κ1) is 66.3. The Kier molecular flexibility index (Phi) is 56.5. The number of esters is 1. The first-order valence-corrected chi connectivity index (χ1v) is 30.6. The highest BCUT2D eigenvalue weighted by atomic mass is 16.5. The molecule has 0 aliphatic carbocycles. The average molecular weight is 959 g/mol. The van der Waals surface area contributed by atoms with Crippen LogP contribution in [0.3, 0.4) is 0 Å². The van der Waals surface area contributed by atoms with E-state index in [9.17, 15) is 19.8 Å². The van der Waals surface area contributed by atoms with Crippen LogP contribution >= 0.6 is 0 Å². The van der Waals surface area contributed by atoms with Crippen molar-refractivity contribution < 1.29 is 24.5 Å². The molecule has 0 aromatic heterocycles. The van der Waals surface area contributed by atoms with E-state index in [-0.39, 0.29) is 18.5 Å². The molecule has 0 fully saturated rings. The molecule has 0 saturated carbocycles. The number of nitrogens with one attached hydrogen (secondary N) is 1. The molecule has 0 aliphatic rings. The summed E-state index contributed by atoms with van der Waals surface area (Å²) in [5, 5.41) is 23.3. The first-order chi connectivity index (χ1) is 33.5. The van der Waals surface area contributed by atoms with Crippen LogP contribution in [0.4, 0.5) is 0 Å². The lowest BCUT2D eigenvalue weighted by Crippen LogP contribution is -2.45. The van der Waals surface area contributed by atoms with Crippen molar-refractivity contribution in [1.82, 2.24) is 5.32 Å². The zero-order valence-corrected chi connectivity index (χ0v) is 45.9. The molecular weight excluding hydrogens is 839 g/mol. The van der Waals surface area contributed by atoms with Gasteiger partial charge in [0.2, 0.25) is 5.91 Å². The summed E-state index contributed by atoms with van der Waals surface area (Å²) < 4.78 is 5.48. The van der Waals surface area contributed by atoms with Gasteiger partial charge in [-0.1, -0.05) is 289 Å². The smallest absolute Gasteiger partial charge is 0.305 e. The van der Waals surface area contributed by atoms with Gasteiger partial charge in [0.05, 0.1) is 25.4 Å². The van der Waals surface area contributed by atoms with Crippen molar-refractivity contribution in [3.8, 4) is 0 Å². The summed E-state index contributed by atoms with van der Waals surface area (Å²) in [7, 11) is 0. The third-order valence-electron chi connectivity index (χ3n) is 14.3. The molecule has 6 heteroatoms. The molecule has 0 bridgehead atoms. The number of amides is 1. The van der Waals surface area contributed by atoms with Crippen LogP contribution in [0.5, 0.6) is 0 Å². The van der Waals surface area contributed by atoms with Crippen molar-refractivity contribution in [3.63, 3.8) is 0 Å². The molecule has 3 N–H and O–H groups in total. The Labute approximate surface area is 424 Å². The lowest BCUT2D eigenvalue weighted by atomic mass is 10.0. The molecule has 0 heterocycles. The van der Waals surface area contributed by atoms with Gasteiger partial charge in [0.25, 0.3) is 0 Å². The Morgan fingerprint density at radius 3 is 1.13 bits per heavy atom. The van der Waals surface area contributed by atoms with E-state index < -0.39 is 12.1 Å². The van der Waals surface area contributed by atoms with Crippen molar-refractivity contribution >= 4 is 11.9 Å². The highest BCUT2D eigenvalue weighted by Crippen LogP contribution is 2.18. The molecule has 2 atom stereocenters. The third-order valence-corrected chi connectivity index (χ3v) is 14.3. The largest absolute Gasteiger partial charge is 0.466 e. The van der Waals surface area contributed by atoms with Crippen LogP contribution in [0.1, 0.15) is 335 Å². The van der Waals surface area contributed by atoms with E-state index in [4.69, 9.17) is 4.74 Å². The van der Waals surface area contributed by atoms with Crippen molar-refractivity contribution in [3.05, 3.63) is 24.3 Å². The molecule has 1 amide bonds. The molecule has 68 heavy (non-hydrogen) atoms. The number of unbranched alkanes of at least 4 members (excludes halogenated alkanes) is 42. The molecule has 6 nitrogen and oxygen atoms in total. The van der Waals surface area contributed by atoms with Gasteiger partial charge in [-0.3, -0.25) is 9.59 Å². The first-order valence-electron chi connectivity index (χ1n) is 30.6. The Morgan fingerprint density at radius 2 is 0.735 bits per heavy atom. The maximum atomic E-state index is 12.5. The van der Waals surface area contributed by atoms with Gasteiger partial charge in [0, 0.05) is 12.8 Å². The monoisotopic (exact) mass is 958 g/mol. The van der Waals surface area contributed by atoms with E-state index in [1.165, 1.54) is 244 Å². The second-order valence-corrected chi connectivity index (χ2v) is 21.0. The fourth-order valence-electron chi connectivity index (χ4n) is 9.55. The molecule has 2 unspecified atom stereocenters. The van der Waals surface area contributed by atoms with E-state index in [1.807, 2.05) is 0 Å². The summed E-state index contributed by atoms with van der Waals surface area (Å²) in [6.07, 6.45) is 70.3. The topological polar surface area (TPSA) is 95.9 Å². The molecular formula is C62H119NO5. The van der Waals surface area contributed by atoms with Gasteiger partial charge in [0.1, 0.15) is 0 Å². The fraction of sp³-hybridized carbons (Fsp3) is 0.903. The number of carbonyl (C=O) groups excluding carboxylic acids is 2. The van der Waals surface area contributed by atoms with Crippen LogP contribution in [-0.4, -0.2) is 47.4 Å². The highest BCUT2D eigenvalue weighted by Gasteiger charge is 2.20. The SMILES string of the molecule is CCCCCC/C=C\C/C=C\CCCCCCCCCC(=O)OCCCCCCCCCCCCCCCCC(=O)NC(CO)C(O)CCCCCCCCCCCCCCCCCCCCC. The standard InChI is InChI=1S/C62H119NO5/c1-3-5-7-9-11-13-15-17-19-21-23-24-26-30-34-38-42-46-50-54-60(65)59(58-64)63-61(66)55-51-47-43-39-35-31-28-29-33-37-41-45-49-53-57-68-62(67)56-52-48-44-40-36-32-27-25-22-20-18-16-14-12-10-8-6-4-2/h14,16,20,22,59-60,64-65H,3-13,15,17-19,21,23-58H2,1-2H3,(H,63,66)/b16-14-,22-20-. The lowest BCUT2D eigenvalue weighted by molar-refractivity contribution is -0.143. The Morgan fingerprint density at radius 1 is 0.412 bits per heavy atom. The van der Waals surface area contributed by atoms with Crippen LogP contribution in [0.15, 0.2) is 24.3 Å². The molecule has 0 aliphatic heterocycles. The summed E-state index contributed by atoms with van der Waals surface area (Å²) >= 11 is 0. The van der Waals surface area contributed by atoms with Crippen LogP contribution in [-0.2, 0) is 14.3 Å². The van der Waals surface area contributed by atoms with E-state index in [0.29, 0.717) is 25.9 Å². The van der Waals surface area contributed by atoms with Gasteiger partial charge in [0.15, 0.2) is 0 Å². The van der Waals surface area contributed by atoms with Crippen molar-refractivity contribution in [1.29, 1.82) is 0 Å². The number of carbonyl (C=O) groups is 2. The quantitative estimate of drug-likeness (QED) is 0.0321. The van der Waals surface area contributed by atoms with Crippen LogP contribution in [0.2, 0.25) is 0 Å². The van der Waals surface area contributed by atoms with Crippen LogP contribution in [0.25, 0.3) is 0 Å². The normalized spacial score (nSPS) is 12.7. The molecule has 0 aromatic carbocycles. The number of hydrogen-bond acceptors (Lipinski definition) is 5. The number of ether oxygens (including phenoxy) is 1. The van der Waals surface area contributed by atoms with Gasteiger partial charge < -0.3 is 20.3 Å². The lowest BCUT2D eigenvalue weighted by Gasteiger charge is -2.22. The van der Waals surface area contributed by atoms with Crippen LogP contribution in [0, 0.1) is 0 Å². The number of aliphatic hydroxyl groups is 2. The second-order valence-electron chi connectivity index (χ2n) is 21.0. The fourth-order valence-corrected chi connectivity index (χ4v) is 9.55. The molecule has 0 saturated heterocycles. The van der Waals surface area contributed by atoms with E-state index in [2.05, 4.69) is 43.5 Å². The van der Waals surface area contributed by atoms with Gasteiger partial charge in [-0.05, 0) is 57.8 Å². The number of allylic oxidation sites excluding steroid dienone is 4. The molecule has 402 valence electrons. The predicted molar refractivity (Wildman–Crippen MR) is 296 cm³/mol. The zero-order chi connectivity index (χ0) is 49.3. The van der Waals surface area contributed by atoms with Crippen LogP contribution < -0.4 is 5.32 Å². The summed E-state index contributed by atoms with van der Waals surface area (Å²) in [5.74, 6) is -0.0516. The van der Waals surface area contributed by atoms with Gasteiger partial charge in [-0.25, -0.2) is 0 Å². The second kappa shape index (κ2) is 57.9. The molecule has 0 rings (SSSR count). The van der Waals surface area contributed by atoms with Gasteiger partial charge in [-0.15, -0.1) is 0 Å². The number of rotatable bonds is 57. The van der Waals surface area contributed by atoms with Crippen molar-refractivity contribution in [2.45, 2.75) is 347 Å². The van der Waals surface area contributed by atoms with E-state index in [0.717, 1.165) is 57.8 Å². The maximum absolute atomic E-state index is 12.5. The summed E-state index contributed by atoms with van der Waals surface area (Å²) in [6.45, 7) is 4.93. The Bertz CT molecular complexity index is 1060.